The van der Waals surface area contributed by atoms with Gasteiger partial charge in [0.15, 0.2) is 0 Å². The fourth-order valence-electron chi connectivity index (χ4n) is 2.74. The van der Waals surface area contributed by atoms with Gasteiger partial charge < -0.3 is 15.5 Å². The van der Waals surface area contributed by atoms with Gasteiger partial charge in [-0.05, 0) is 35.7 Å². The van der Waals surface area contributed by atoms with Gasteiger partial charge in [-0.2, -0.15) is 0 Å². The lowest BCUT2D eigenvalue weighted by atomic mass is 10.0. The first-order chi connectivity index (χ1) is 11.6. The van der Waals surface area contributed by atoms with Crippen molar-refractivity contribution in [3.05, 3.63) is 48.5 Å². The number of rotatable bonds is 10. The summed E-state index contributed by atoms with van der Waals surface area (Å²) in [7, 11) is 0. The number of hydrogen-bond acceptors (Lipinski definition) is 3. The van der Waals surface area contributed by atoms with Crippen LogP contribution in [0.25, 0.3) is 16.5 Å². The summed E-state index contributed by atoms with van der Waals surface area (Å²) >= 11 is 0. The number of unbranched alkanes of at least 4 members (excludes halogenated alkanes) is 4. The summed E-state index contributed by atoms with van der Waals surface area (Å²) in [5.41, 5.74) is 1.46. The quantitative estimate of drug-likeness (QED) is 0.561. The van der Waals surface area contributed by atoms with Crippen LogP contribution in [0.1, 0.15) is 44.1 Å². The summed E-state index contributed by atoms with van der Waals surface area (Å²) in [5.74, 6) is -0.483. The Hall–Kier alpha value is -2.49. The first kappa shape index (κ1) is 17.9. The van der Waals surface area contributed by atoms with Gasteiger partial charge in [-0.25, -0.2) is 0 Å². The zero-order valence-electron chi connectivity index (χ0n) is 13.9. The number of fused-ring (bicyclic) bond motifs is 1. The monoisotopic (exact) mass is 327 g/mol. The second-order valence-electron chi connectivity index (χ2n) is 6.03. The Bertz CT molecular complexity index is 709. The molecule has 0 aliphatic heterocycles. The largest absolute Gasteiger partial charge is 0.507 e. The second-order valence-corrected chi connectivity index (χ2v) is 6.03. The molecule has 0 heterocycles. The van der Waals surface area contributed by atoms with Crippen LogP contribution in [0, 0.1) is 0 Å². The van der Waals surface area contributed by atoms with Crippen LogP contribution >= 0.6 is 0 Å². The van der Waals surface area contributed by atoms with Crippen molar-refractivity contribution in [3.63, 3.8) is 0 Å². The average Bonchev–Trinajstić information content (AvgIpc) is 2.56. The number of phenols is 1. The number of benzene rings is 2. The van der Waals surface area contributed by atoms with Gasteiger partial charge in [-0.3, -0.25) is 4.79 Å². The van der Waals surface area contributed by atoms with Crippen LogP contribution in [-0.4, -0.2) is 22.7 Å². The highest BCUT2D eigenvalue weighted by Gasteiger charge is 2.07. The molecular weight excluding hydrogens is 302 g/mol. The molecule has 0 bridgehead atoms. The third kappa shape index (κ3) is 5.30. The molecule has 0 unspecified atom stereocenters. The van der Waals surface area contributed by atoms with Gasteiger partial charge in [0.2, 0.25) is 0 Å². The van der Waals surface area contributed by atoms with Crippen LogP contribution in [0.4, 0.5) is 0 Å². The Labute approximate surface area is 142 Å². The van der Waals surface area contributed by atoms with Gasteiger partial charge in [0.05, 0.1) is 0 Å². The lowest BCUT2D eigenvalue weighted by Gasteiger charge is -2.12. The molecule has 0 spiro atoms. The van der Waals surface area contributed by atoms with Crippen molar-refractivity contribution in [2.45, 2.75) is 38.5 Å². The molecule has 0 saturated heterocycles. The number of carboxylic acids is 1. The number of aliphatic carboxylic acids is 1. The molecule has 4 nitrogen and oxygen atoms in total. The SMILES string of the molecule is C=C(NCCCCCCCC(=O)O)c1cc2ccccc2cc1O. The highest BCUT2D eigenvalue weighted by molar-refractivity contribution is 5.88. The van der Waals surface area contributed by atoms with Crippen molar-refractivity contribution in [2.24, 2.45) is 0 Å². The van der Waals surface area contributed by atoms with E-state index in [1.165, 1.54) is 0 Å². The van der Waals surface area contributed by atoms with Gasteiger partial charge in [-0.15, -0.1) is 0 Å². The highest BCUT2D eigenvalue weighted by Crippen LogP contribution is 2.28. The van der Waals surface area contributed by atoms with Gasteiger partial charge in [0.25, 0.3) is 0 Å². The Morgan fingerprint density at radius 1 is 1.00 bits per heavy atom. The van der Waals surface area contributed by atoms with E-state index < -0.39 is 5.97 Å². The van der Waals surface area contributed by atoms with Crippen LogP contribution in [-0.2, 0) is 4.79 Å². The standard InChI is InChI=1S/C20H25NO3/c1-15(21-12-8-4-2-3-5-11-20(23)24)18-13-16-9-6-7-10-17(16)14-19(18)22/h6-7,9-10,13-14,21-22H,1-5,8,11-12H2,(H,23,24). The van der Waals surface area contributed by atoms with Gasteiger partial charge >= 0.3 is 5.97 Å². The van der Waals surface area contributed by atoms with Crippen molar-refractivity contribution in [1.29, 1.82) is 0 Å². The van der Waals surface area contributed by atoms with Crippen molar-refractivity contribution in [2.75, 3.05) is 6.54 Å². The van der Waals surface area contributed by atoms with Crippen molar-refractivity contribution < 1.29 is 15.0 Å². The molecule has 0 aliphatic carbocycles. The molecule has 0 aliphatic rings. The average molecular weight is 327 g/mol. The summed E-state index contributed by atoms with van der Waals surface area (Å²) in [4.78, 5) is 10.4. The minimum atomic E-state index is -0.719. The molecule has 0 atom stereocenters. The van der Waals surface area contributed by atoms with E-state index in [4.69, 9.17) is 5.11 Å². The summed E-state index contributed by atoms with van der Waals surface area (Å²) in [6, 6.07) is 11.6. The van der Waals surface area contributed by atoms with Crippen LogP contribution < -0.4 is 5.32 Å². The van der Waals surface area contributed by atoms with E-state index >= 15 is 0 Å². The molecule has 2 rings (SSSR count). The van der Waals surface area contributed by atoms with Crippen molar-refractivity contribution in [1.82, 2.24) is 5.32 Å². The molecule has 0 fully saturated rings. The normalized spacial score (nSPS) is 10.7. The molecule has 3 N–H and O–H groups in total. The Morgan fingerprint density at radius 2 is 1.62 bits per heavy atom. The number of aromatic hydroxyl groups is 1. The van der Waals surface area contributed by atoms with E-state index in [9.17, 15) is 9.90 Å². The van der Waals surface area contributed by atoms with Crippen LogP contribution in [0.2, 0.25) is 0 Å². The molecule has 4 heteroatoms. The predicted octanol–water partition coefficient (Wildman–Crippen LogP) is 4.53. The first-order valence-corrected chi connectivity index (χ1v) is 8.44. The summed E-state index contributed by atoms with van der Waals surface area (Å²) in [6.45, 7) is 4.82. The minimum Gasteiger partial charge on any atom is -0.507 e. The third-order valence-corrected chi connectivity index (χ3v) is 4.09. The maximum absolute atomic E-state index is 10.4. The van der Waals surface area contributed by atoms with Gasteiger partial charge in [-0.1, -0.05) is 50.1 Å². The molecule has 128 valence electrons. The molecule has 0 radical (unpaired) electrons. The van der Waals surface area contributed by atoms with Gasteiger partial charge in [0.1, 0.15) is 5.75 Å². The number of nitrogens with one attached hydrogen (secondary N) is 1. The third-order valence-electron chi connectivity index (χ3n) is 4.09. The number of carboxylic acid groups (broad SMARTS) is 1. The summed E-state index contributed by atoms with van der Waals surface area (Å²) < 4.78 is 0. The Morgan fingerprint density at radius 3 is 2.33 bits per heavy atom. The summed E-state index contributed by atoms with van der Waals surface area (Å²) in [6.07, 6.45) is 5.07. The highest BCUT2D eigenvalue weighted by atomic mass is 16.4. The molecular formula is C20H25NO3. The van der Waals surface area contributed by atoms with Gasteiger partial charge in [0, 0.05) is 24.2 Å². The van der Waals surface area contributed by atoms with E-state index in [2.05, 4.69) is 11.9 Å². The molecule has 0 saturated carbocycles. The fraction of sp³-hybridized carbons (Fsp3) is 0.350. The Balaban J connectivity index is 1.75. The molecule has 0 aromatic heterocycles. The smallest absolute Gasteiger partial charge is 0.303 e. The zero-order valence-corrected chi connectivity index (χ0v) is 13.9. The van der Waals surface area contributed by atoms with E-state index in [1.807, 2.05) is 30.3 Å². The van der Waals surface area contributed by atoms with E-state index in [-0.39, 0.29) is 12.2 Å². The molecule has 2 aromatic carbocycles. The second kappa shape index (κ2) is 8.96. The maximum atomic E-state index is 10.4. The maximum Gasteiger partial charge on any atom is 0.303 e. The predicted molar refractivity (Wildman–Crippen MR) is 98.0 cm³/mol. The molecule has 2 aromatic rings. The molecule has 24 heavy (non-hydrogen) atoms. The molecule has 0 amide bonds. The van der Waals surface area contributed by atoms with E-state index in [0.29, 0.717) is 0 Å². The zero-order chi connectivity index (χ0) is 17.4. The lowest BCUT2D eigenvalue weighted by molar-refractivity contribution is -0.137. The topological polar surface area (TPSA) is 69.6 Å². The van der Waals surface area contributed by atoms with Crippen LogP contribution in [0.5, 0.6) is 5.75 Å². The van der Waals surface area contributed by atoms with E-state index in [1.54, 1.807) is 6.07 Å². The van der Waals surface area contributed by atoms with E-state index in [0.717, 1.165) is 60.7 Å². The Kier molecular flexibility index (Phi) is 6.67. The summed E-state index contributed by atoms with van der Waals surface area (Å²) in [5, 5.41) is 24.1. The van der Waals surface area contributed by atoms with Crippen LogP contribution in [0.15, 0.2) is 43.0 Å². The fourth-order valence-corrected chi connectivity index (χ4v) is 2.74. The van der Waals surface area contributed by atoms with Crippen LogP contribution in [0.3, 0.4) is 0 Å². The number of hydrogen-bond donors (Lipinski definition) is 3. The first-order valence-electron chi connectivity index (χ1n) is 8.44. The number of carbonyl (C=O) groups is 1. The lowest BCUT2D eigenvalue weighted by Crippen LogP contribution is -2.13. The van der Waals surface area contributed by atoms with Crippen molar-refractivity contribution in [3.8, 4) is 5.75 Å². The van der Waals surface area contributed by atoms with Crippen molar-refractivity contribution >= 4 is 22.4 Å². The number of phenolic OH excluding ortho intramolecular Hbond substituents is 1. The minimum absolute atomic E-state index is 0.236.